The van der Waals surface area contributed by atoms with Gasteiger partial charge in [-0.2, -0.15) is 0 Å². The van der Waals surface area contributed by atoms with Crippen LogP contribution in [0.1, 0.15) is 21.6 Å². The highest BCUT2D eigenvalue weighted by Gasteiger charge is 2.09. The molecule has 0 bridgehead atoms. The third kappa shape index (κ3) is 4.32. The van der Waals surface area contributed by atoms with Gasteiger partial charge in [-0.1, -0.05) is 12.1 Å². The van der Waals surface area contributed by atoms with E-state index in [0.29, 0.717) is 18.1 Å². The zero-order valence-corrected chi connectivity index (χ0v) is 14.6. The number of hydrogen-bond acceptors (Lipinski definition) is 6. The minimum atomic E-state index is -0.291. The third-order valence-corrected chi connectivity index (χ3v) is 3.69. The molecular formula is C19H19N5O2. The number of benzene rings is 1. The van der Waals surface area contributed by atoms with Crippen molar-refractivity contribution in [3.05, 3.63) is 71.7 Å². The summed E-state index contributed by atoms with van der Waals surface area (Å²) in [7, 11) is 1.61. The predicted octanol–water partition coefficient (Wildman–Crippen LogP) is 2.86. The molecule has 26 heavy (non-hydrogen) atoms. The lowest BCUT2D eigenvalue weighted by molar-refractivity contribution is 0.0945. The Labute approximate surface area is 151 Å². The Morgan fingerprint density at radius 2 is 2.04 bits per heavy atom. The standard InChI is InChI=1S/C19H19N5O2/c1-13-5-7-17(26-2)16(10-13)22-18-8-6-15(23-24-18)19(25)21-12-14-4-3-9-20-11-14/h3-11H,12H2,1-2H3,(H,21,25)(H,22,24). The number of methoxy groups -OCH3 is 1. The molecule has 0 spiro atoms. The highest BCUT2D eigenvalue weighted by atomic mass is 16.5. The number of rotatable bonds is 6. The molecule has 7 heteroatoms. The van der Waals surface area contributed by atoms with Crippen LogP contribution in [0.15, 0.2) is 54.9 Å². The number of anilines is 2. The van der Waals surface area contributed by atoms with Gasteiger partial charge >= 0.3 is 0 Å². The molecule has 0 atom stereocenters. The van der Waals surface area contributed by atoms with Crippen molar-refractivity contribution in [3.63, 3.8) is 0 Å². The molecule has 3 aromatic rings. The van der Waals surface area contributed by atoms with E-state index >= 15 is 0 Å². The molecule has 0 aliphatic heterocycles. The molecule has 0 saturated carbocycles. The number of nitrogens with zero attached hydrogens (tertiary/aromatic N) is 3. The number of nitrogens with one attached hydrogen (secondary N) is 2. The topological polar surface area (TPSA) is 89.0 Å². The summed E-state index contributed by atoms with van der Waals surface area (Å²) in [5, 5.41) is 14.0. The summed E-state index contributed by atoms with van der Waals surface area (Å²) in [6.45, 7) is 2.38. The van der Waals surface area contributed by atoms with E-state index in [4.69, 9.17) is 4.74 Å². The van der Waals surface area contributed by atoms with E-state index in [1.807, 2.05) is 37.3 Å². The predicted molar refractivity (Wildman–Crippen MR) is 98.5 cm³/mol. The number of carbonyl (C=O) groups excluding carboxylic acids is 1. The highest BCUT2D eigenvalue weighted by Crippen LogP contribution is 2.27. The average Bonchev–Trinajstić information content (AvgIpc) is 2.68. The van der Waals surface area contributed by atoms with Crippen LogP contribution in [0.4, 0.5) is 11.5 Å². The summed E-state index contributed by atoms with van der Waals surface area (Å²) in [5.41, 5.74) is 3.04. The molecule has 3 rings (SSSR count). The third-order valence-electron chi connectivity index (χ3n) is 3.69. The molecular weight excluding hydrogens is 330 g/mol. The second-order valence-corrected chi connectivity index (χ2v) is 5.68. The molecule has 2 N–H and O–H groups in total. The van der Waals surface area contributed by atoms with Crippen molar-refractivity contribution in [3.8, 4) is 5.75 Å². The largest absolute Gasteiger partial charge is 0.495 e. The molecule has 0 saturated heterocycles. The maximum Gasteiger partial charge on any atom is 0.272 e. The Balaban J connectivity index is 1.65. The first kappa shape index (κ1) is 17.3. The van der Waals surface area contributed by atoms with Crippen molar-refractivity contribution in [2.45, 2.75) is 13.5 Å². The first-order valence-electron chi connectivity index (χ1n) is 8.08. The van der Waals surface area contributed by atoms with E-state index in [2.05, 4.69) is 25.8 Å². The van der Waals surface area contributed by atoms with Gasteiger partial charge in [-0.3, -0.25) is 9.78 Å². The van der Waals surface area contributed by atoms with Gasteiger partial charge in [0.15, 0.2) is 11.5 Å². The van der Waals surface area contributed by atoms with Gasteiger partial charge in [-0.25, -0.2) is 0 Å². The number of carbonyl (C=O) groups is 1. The molecule has 2 aromatic heterocycles. The maximum atomic E-state index is 12.2. The van der Waals surface area contributed by atoms with Crippen LogP contribution < -0.4 is 15.4 Å². The lowest BCUT2D eigenvalue weighted by atomic mass is 10.2. The molecule has 1 aromatic carbocycles. The number of hydrogen-bond donors (Lipinski definition) is 2. The zero-order valence-electron chi connectivity index (χ0n) is 14.6. The summed E-state index contributed by atoms with van der Waals surface area (Å²) in [6, 6.07) is 12.8. The Kier molecular flexibility index (Phi) is 5.38. The van der Waals surface area contributed by atoms with Crippen molar-refractivity contribution in [1.82, 2.24) is 20.5 Å². The van der Waals surface area contributed by atoms with Crippen LogP contribution in [0.5, 0.6) is 5.75 Å². The van der Waals surface area contributed by atoms with Gasteiger partial charge in [0.2, 0.25) is 0 Å². The molecule has 0 unspecified atom stereocenters. The molecule has 1 amide bonds. The van der Waals surface area contributed by atoms with Crippen LogP contribution >= 0.6 is 0 Å². The Bertz CT molecular complexity index is 882. The van der Waals surface area contributed by atoms with Crippen LogP contribution in [0.2, 0.25) is 0 Å². The summed E-state index contributed by atoms with van der Waals surface area (Å²) in [4.78, 5) is 16.2. The van der Waals surface area contributed by atoms with E-state index < -0.39 is 0 Å². The number of pyridine rings is 1. The van der Waals surface area contributed by atoms with Gasteiger partial charge < -0.3 is 15.4 Å². The molecule has 7 nitrogen and oxygen atoms in total. The van der Waals surface area contributed by atoms with E-state index in [9.17, 15) is 4.79 Å². The summed E-state index contributed by atoms with van der Waals surface area (Å²) < 4.78 is 5.33. The Morgan fingerprint density at radius 3 is 2.73 bits per heavy atom. The second kappa shape index (κ2) is 8.06. The average molecular weight is 349 g/mol. The molecule has 0 aliphatic carbocycles. The van der Waals surface area contributed by atoms with Gasteiger partial charge in [0.25, 0.3) is 5.91 Å². The molecule has 0 aliphatic rings. The van der Waals surface area contributed by atoms with Crippen molar-refractivity contribution in [2.24, 2.45) is 0 Å². The van der Waals surface area contributed by atoms with Crippen LogP contribution in [-0.4, -0.2) is 28.2 Å². The highest BCUT2D eigenvalue weighted by molar-refractivity contribution is 5.92. The number of amides is 1. The van der Waals surface area contributed by atoms with Gasteiger partial charge in [0.05, 0.1) is 12.8 Å². The number of aromatic nitrogens is 3. The van der Waals surface area contributed by atoms with E-state index in [0.717, 1.165) is 16.8 Å². The first-order chi connectivity index (χ1) is 12.7. The molecule has 0 radical (unpaired) electrons. The van der Waals surface area contributed by atoms with Crippen molar-refractivity contribution >= 4 is 17.4 Å². The summed E-state index contributed by atoms with van der Waals surface area (Å²) >= 11 is 0. The van der Waals surface area contributed by atoms with Crippen molar-refractivity contribution < 1.29 is 9.53 Å². The van der Waals surface area contributed by atoms with Crippen LogP contribution in [0.25, 0.3) is 0 Å². The number of aryl methyl sites for hydroxylation is 1. The molecule has 132 valence electrons. The number of ether oxygens (including phenoxy) is 1. The van der Waals surface area contributed by atoms with Gasteiger partial charge in [0.1, 0.15) is 5.75 Å². The minimum Gasteiger partial charge on any atom is -0.495 e. The quantitative estimate of drug-likeness (QED) is 0.711. The lowest BCUT2D eigenvalue weighted by Crippen LogP contribution is -2.24. The van der Waals surface area contributed by atoms with Gasteiger partial charge in [-0.15, -0.1) is 10.2 Å². The fourth-order valence-corrected chi connectivity index (χ4v) is 2.35. The molecule has 0 fully saturated rings. The Morgan fingerprint density at radius 1 is 1.15 bits per heavy atom. The van der Waals surface area contributed by atoms with E-state index in [-0.39, 0.29) is 11.6 Å². The normalized spacial score (nSPS) is 10.2. The smallest absolute Gasteiger partial charge is 0.272 e. The maximum absolute atomic E-state index is 12.2. The van der Waals surface area contributed by atoms with Crippen LogP contribution in [0, 0.1) is 6.92 Å². The van der Waals surface area contributed by atoms with Crippen molar-refractivity contribution in [1.29, 1.82) is 0 Å². The first-order valence-corrected chi connectivity index (χ1v) is 8.08. The fourth-order valence-electron chi connectivity index (χ4n) is 2.35. The summed E-state index contributed by atoms with van der Waals surface area (Å²) in [5.74, 6) is 0.939. The lowest BCUT2D eigenvalue weighted by Gasteiger charge is -2.11. The SMILES string of the molecule is COc1ccc(C)cc1Nc1ccc(C(=O)NCc2cccnc2)nn1. The van der Waals surface area contributed by atoms with Gasteiger partial charge in [-0.05, 0) is 48.4 Å². The Hall–Kier alpha value is -3.48. The van der Waals surface area contributed by atoms with Crippen LogP contribution in [0.3, 0.4) is 0 Å². The minimum absolute atomic E-state index is 0.246. The monoisotopic (exact) mass is 349 g/mol. The van der Waals surface area contributed by atoms with Crippen molar-refractivity contribution in [2.75, 3.05) is 12.4 Å². The zero-order chi connectivity index (χ0) is 18.4. The second-order valence-electron chi connectivity index (χ2n) is 5.68. The van der Waals surface area contributed by atoms with Crippen LogP contribution in [-0.2, 0) is 6.54 Å². The molecule has 2 heterocycles. The van der Waals surface area contributed by atoms with E-state index in [1.54, 1.807) is 31.6 Å². The van der Waals surface area contributed by atoms with E-state index in [1.165, 1.54) is 0 Å². The fraction of sp³-hybridized carbons (Fsp3) is 0.158. The van der Waals surface area contributed by atoms with Gasteiger partial charge in [0, 0.05) is 18.9 Å². The summed E-state index contributed by atoms with van der Waals surface area (Å²) in [6.07, 6.45) is 3.39.